The quantitative estimate of drug-likeness (QED) is 0.357. The van der Waals surface area contributed by atoms with E-state index in [1.54, 1.807) is 12.1 Å². The molecule has 3 rings (SSSR count). The first-order chi connectivity index (χ1) is 10.8. The Kier molecular flexibility index (Phi) is 4.78. The minimum absolute atomic E-state index is 0.0343. The predicted octanol–water partition coefficient (Wildman–Crippen LogP) is 4.89. The molecule has 0 atom stereocenters. The molecule has 0 amide bonds. The summed E-state index contributed by atoms with van der Waals surface area (Å²) >= 11 is 3.42. The Hall–Kier alpha value is -1.81. The highest BCUT2D eigenvalue weighted by Gasteiger charge is 2.11. The fraction of sp³-hybridized carbons (Fsp3) is 0.278. The maximum atomic E-state index is 12.7. The van der Waals surface area contributed by atoms with Gasteiger partial charge in [0.05, 0.1) is 12.0 Å². The van der Waals surface area contributed by atoms with Gasteiger partial charge < -0.3 is 9.15 Å². The van der Waals surface area contributed by atoms with Gasteiger partial charge in [0.1, 0.15) is 22.3 Å². The van der Waals surface area contributed by atoms with Gasteiger partial charge in [0.25, 0.3) is 0 Å². The summed E-state index contributed by atoms with van der Waals surface area (Å²) in [5.41, 5.74) is 1.14. The zero-order valence-electron chi connectivity index (χ0n) is 12.2. The average molecular weight is 361 g/mol. The molecule has 0 aliphatic heterocycles. The molecule has 0 saturated heterocycles. The van der Waals surface area contributed by atoms with Crippen LogP contribution >= 0.6 is 15.9 Å². The normalized spacial score (nSPS) is 11.1. The van der Waals surface area contributed by atoms with Crippen LogP contribution in [-0.4, -0.2) is 11.9 Å². The van der Waals surface area contributed by atoms with Crippen molar-refractivity contribution in [2.75, 3.05) is 11.9 Å². The van der Waals surface area contributed by atoms with Crippen molar-refractivity contribution in [1.29, 1.82) is 0 Å². The van der Waals surface area contributed by atoms with Crippen molar-refractivity contribution in [2.45, 2.75) is 19.3 Å². The summed E-state index contributed by atoms with van der Waals surface area (Å²) in [6.07, 6.45) is 3.21. The Morgan fingerprint density at radius 2 is 1.77 bits per heavy atom. The molecule has 0 bridgehead atoms. The van der Waals surface area contributed by atoms with E-state index in [0.717, 1.165) is 24.6 Å². The van der Waals surface area contributed by atoms with Crippen molar-refractivity contribution in [3.63, 3.8) is 0 Å². The van der Waals surface area contributed by atoms with Crippen molar-refractivity contribution in [3.8, 4) is 5.75 Å². The molecule has 1 aromatic heterocycles. The lowest BCUT2D eigenvalue weighted by atomic mass is 10.1. The van der Waals surface area contributed by atoms with Crippen LogP contribution in [0.5, 0.6) is 5.75 Å². The molecule has 0 saturated carbocycles. The molecule has 22 heavy (non-hydrogen) atoms. The number of ether oxygens (including phenoxy) is 1. The zero-order chi connectivity index (χ0) is 15.4. The maximum Gasteiger partial charge on any atom is 0.204 e. The van der Waals surface area contributed by atoms with Crippen molar-refractivity contribution in [1.82, 2.24) is 0 Å². The van der Waals surface area contributed by atoms with Gasteiger partial charge in [-0.3, -0.25) is 4.79 Å². The molecule has 0 spiro atoms. The molecular weight excluding hydrogens is 344 g/mol. The molecule has 0 fully saturated rings. The minimum atomic E-state index is -0.0343. The van der Waals surface area contributed by atoms with Gasteiger partial charge in [-0.1, -0.05) is 34.1 Å². The van der Waals surface area contributed by atoms with E-state index in [0.29, 0.717) is 34.3 Å². The third-order valence-corrected chi connectivity index (χ3v) is 4.16. The molecule has 2 aromatic carbocycles. The summed E-state index contributed by atoms with van der Waals surface area (Å²) in [5.74, 6) is 0.607. The topological polar surface area (TPSA) is 39.4 Å². The lowest BCUT2D eigenvalue weighted by Crippen LogP contribution is -2.06. The molecule has 0 unspecified atom stereocenters. The molecule has 4 heteroatoms. The molecule has 0 radical (unpaired) electrons. The molecule has 0 N–H and O–H groups in total. The van der Waals surface area contributed by atoms with Crippen LogP contribution in [0.25, 0.3) is 21.9 Å². The Bertz CT molecular complexity index is 838. The van der Waals surface area contributed by atoms with Crippen LogP contribution in [0.3, 0.4) is 0 Å². The molecule has 3 aromatic rings. The van der Waals surface area contributed by atoms with Gasteiger partial charge in [0.2, 0.25) is 5.43 Å². The van der Waals surface area contributed by atoms with Crippen molar-refractivity contribution >= 4 is 37.9 Å². The highest BCUT2D eigenvalue weighted by atomic mass is 79.9. The Morgan fingerprint density at radius 3 is 2.64 bits per heavy atom. The number of unbranched alkanes of at least 4 members (excludes halogenated alkanes) is 2. The van der Waals surface area contributed by atoms with Crippen LogP contribution in [0, 0.1) is 0 Å². The van der Waals surface area contributed by atoms with Gasteiger partial charge >= 0.3 is 0 Å². The summed E-state index contributed by atoms with van der Waals surface area (Å²) < 4.78 is 11.6. The number of para-hydroxylation sites is 1. The highest BCUT2D eigenvalue weighted by Crippen LogP contribution is 2.26. The second kappa shape index (κ2) is 6.97. The highest BCUT2D eigenvalue weighted by molar-refractivity contribution is 9.09. The van der Waals surface area contributed by atoms with Crippen molar-refractivity contribution in [2.24, 2.45) is 0 Å². The third kappa shape index (κ3) is 3.02. The second-order valence-electron chi connectivity index (χ2n) is 5.15. The lowest BCUT2D eigenvalue weighted by Gasteiger charge is -2.09. The number of benzene rings is 2. The SMILES string of the molecule is O=c1c2ccccc2oc2cccc(OCCCCCBr)c12. The number of hydrogen-bond acceptors (Lipinski definition) is 3. The van der Waals surface area contributed by atoms with E-state index in [1.807, 2.05) is 30.3 Å². The van der Waals surface area contributed by atoms with E-state index in [2.05, 4.69) is 15.9 Å². The van der Waals surface area contributed by atoms with Crippen LogP contribution in [0.2, 0.25) is 0 Å². The van der Waals surface area contributed by atoms with Gasteiger partial charge in [-0.25, -0.2) is 0 Å². The Morgan fingerprint density at radius 1 is 0.955 bits per heavy atom. The first kappa shape index (κ1) is 15.1. The van der Waals surface area contributed by atoms with Crippen LogP contribution in [0.15, 0.2) is 51.7 Å². The molecule has 0 aliphatic carbocycles. The lowest BCUT2D eigenvalue weighted by molar-refractivity contribution is 0.309. The standard InChI is InChI=1S/C18H17BrO3/c19-11-4-1-5-12-21-15-9-6-10-16-17(15)18(20)13-7-2-3-8-14(13)22-16/h2-3,6-10H,1,4-5,11-12H2. The summed E-state index contributed by atoms with van der Waals surface area (Å²) in [6.45, 7) is 0.610. The third-order valence-electron chi connectivity index (χ3n) is 3.60. The second-order valence-corrected chi connectivity index (χ2v) is 5.95. The summed E-state index contributed by atoms with van der Waals surface area (Å²) in [7, 11) is 0. The predicted molar refractivity (Wildman–Crippen MR) is 93.1 cm³/mol. The van der Waals surface area contributed by atoms with Gasteiger partial charge in [-0.15, -0.1) is 0 Å². The van der Waals surface area contributed by atoms with E-state index in [1.165, 1.54) is 0 Å². The van der Waals surface area contributed by atoms with Gasteiger partial charge in [0, 0.05) is 5.33 Å². The smallest absolute Gasteiger partial charge is 0.204 e. The molecular formula is C18H17BrO3. The van der Waals surface area contributed by atoms with Gasteiger partial charge in [-0.2, -0.15) is 0 Å². The number of fused-ring (bicyclic) bond motifs is 2. The first-order valence-corrected chi connectivity index (χ1v) is 8.57. The first-order valence-electron chi connectivity index (χ1n) is 7.44. The zero-order valence-corrected chi connectivity index (χ0v) is 13.8. The fourth-order valence-electron chi connectivity index (χ4n) is 2.49. The van der Waals surface area contributed by atoms with Gasteiger partial charge in [0.15, 0.2) is 0 Å². The average Bonchev–Trinajstić information content (AvgIpc) is 2.55. The maximum absolute atomic E-state index is 12.7. The van der Waals surface area contributed by atoms with Crippen LogP contribution in [0.1, 0.15) is 19.3 Å². The Balaban J connectivity index is 1.97. The molecule has 114 valence electrons. The van der Waals surface area contributed by atoms with E-state index in [9.17, 15) is 4.79 Å². The van der Waals surface area contributed by atoms with Crippen LogP contribution < -0.4 is 10.2 Å². The molecule has 1 heterocycles. The van der Waals surface area contributed by atoms with E-state index in [-0.39, 0.29) is 5.43 Å². The summed E-state index contributed by atoms with van der Waals surface area (Å²) in [5, 5.41) is 2.13. The van der Waals surface area contributed by atoms with Crippen molar-refractivity contribution in [3.05, 3.63) is 52.7 Å². The monoisotopic (exact) mass is 360 g/mol. The minimum Gasteiger partial charge on any atom is -0.493 e. The summed E-state index contributed by atoms with van der Waals surface area (Å²) in [4.78, 5) is 12.7. The molecule has 0 aliphatic rings. The van der Waals surface area contributed by atoms with E-state index in [4.69, 9.17) is 9.15 Å². The molecule has 3 nitrogen and oxygen atoms in total. The largest absolute Gasteiger partial charge is 0.493 e. The van der Waals surface area contributed by atoms with E-state index >= 15 is 0 Å². The van der Waals surface area contributed by atoms with Gasteiger partial charge in [-0.05, 0) is 43.5 Å². The summed E-state index contributed by atoms with van der Waals surface area (Å²) in [6, 6.07) is 12.8. The number of rotatable bonds is 6. The fourth-order valence-corrected chi connectivity index (χ4v) is 2.89. The Labute approximate surface area is 137 Å². The van der Waals surface area contributed by atoms with Crippen LogP contribution in [-0.2, 0) is 0 Å². The van der Waals surface area contributed by atoms with Crippen LogP contribution in [0.4, 0.5) is 0 Å². The number of alkyl halides is 1. The number of hydrogen-bond donors (Lipinski definition) is 0. The number of halogens is 1. The van der Waals surface area contributed by atoms with Crippen molar-refractivity contribution < 1.29 is 9.15 Å². The van der Waals surface area contributed by atoms with E-state index < -0.39 is 0 Å².